The molecule has 1 saturated heterocycles. The summed E-state index contributed by atoms with van der Waals surface area (Å²) in [5.74, 6) is 2.56. The lowest BCUT2D eigenvalue weighted by Crippen LogP contribution is -2.08. The van der Waals surface area contributed by atoms with Crippen molar-refractivity contribution < 1.29 is 0 Å². The van der Waals surface area contributed by atoms with Gasteiger partial charge in [0, 0.05) is 16.5 Å². The van der Waals surface area contributed by atoms with Crippen LogP contribution in [0.3, 0.4) is 0 Å². The van der Waals surface area contributed by atoms with Crippen LogP contribution < -0.4 is 0 Å². The second-order valence-corrected chi connectivity index (χ2v) is 6.77. The molecule has 0 radical (unpaired) electrons. The van der Waals surface area contributed by atoms with Gasteiger partial charge >= 0.3 is 0 Å². The van der Waals surface area contributed by atoms with E-state index in [0.29, 0.717) is 0 Å². The molecule has 0 saturated carbocycles. The van der Waals surface area contributed by atoms with Gasteiger partial charge in [0.15, 0.2) is 0 Å². The molecule has 2 rings (SSSR count). The quantitative estimate of drug-likeness (QED) is 0.697. The first-order valence-electron chi connectivity index (χ1n) is 5.83. The fourth-order valence-corrected chi connectivity index (χ4v) is 4.42. The average molecular weight is 256 g/mol. The zero-order chi connectivity index (χ0) is 11.5. The lowest BCUT2D eigenvalue weighted by atomic mass is 10.1. The molecule has 0 aromatic heterocycles. The van der Waals surface area contributed by atoms with E-state index in [9.17, 15) is 0 Å². The Bertz CT molecular complexity index is 395. The molecule has 88 valence electrons. The van der Waals surface area contributed by atoms with Crippen molar-refractivity contribution in [3.63, 3.8) is 0 Å². The minimum Gasteiger partial charge on any atom is -0.228 e. The van der Waals surface area contributed by atoms with Crippen molar-refractivity contribution in [3.8, 4) is 0 Å². The van der Waals surface area contributed by atoms with Crippen molar-refractivity contribution in [3.05, 3.63) is 28.3 Å². The smallest absolute Gasteiger partial charge is 0.0762 e. The fraction of sp³-hybridized carbons (Fsp3) is 0.538. The van der Waals surface area contributed by atoms with Gasteiger partial charge < -0.3 is 0 Å². The summed E-state index contributed by atoms with van der Waals surface area (Å²) in [5.41, 5.74) is 3.60. The van der Waals surface area contributed by atoms with E-state index in [2.05, 4.69) is 13.8 Å². The summed E-state index contributed by atoms with van der Waals surface area (Å²) < 4.78 is 4.93. The van der Waals surface area contributed by atoms with Gasteiger partial charge in [-0.1, -0.05) is 28.7 Å². The molecule has 1 aliphatic rings. The molecule has 0 amide bonds. The lowest BCUT2D eigenvalue weighted by Gasteiger charge is -2.15. The van der Waals surface area contributed by atoms with Crippen molar-refractivity contribution in [2.45, 2.75) is 33.1 Å². The largest absolute Gasteiger partial charge is 0.228 e. The Balaban J connectivity index is 2.33. The van der Waals surface area contributed by atoms with Crippen molar-refractivity contribution >= 4 is 28.0 Å². The normalized spacial score (nSPS) is 17.4. The number of hydrogen-bond donors (Lipinski definition) is 0. The van der Waals surface area contributed by atoms with Gasteiger partial charge in [-0.15, -0.1) is 0 Å². The van der Waals surface area contributed by atoms with Crippen molar-refractivity contribution in [2.75, 3.05) is 11.5 Å². The second kappa shape index (κ2) is 5.33. The van der Waals surface area contributed by atoms with E-state index in [1.54, 1.807) is 0 Å². The SMILES string of the molecule is Cc1cc(Cl)cc(C)c1N=S1CCCCC1. The predicted molar refractivity (Wildman–Crippen MR) is 74.0 cm³/mol. The first-order chi connectivity index (χ1) is 7.66. The number of halogens is 1. The van der Waals surface area contributed by atoms with E-state index < -0.39 is 0 Å². The second-order valence-electron chi connectivity index (χ2n) is 4.41. The molecule has 1 aromatic rings. The summed E-state index contributed by atoms with van der Waals surface area (Å²) in [4.78, 5) is 0. The van der Waals surface area contributed by atoms with Gasteiger partial charge in [-0.05, 0) is 49.9 Å². The van der Waals surface area contributed by atoms with Crippen LogP contribution >= 0.6 is 11.6 Å². The summed E-state index contributed by atoms with van der Waals surface area (Å²) in [5, 5.41) is 0.820. The molecule has 0 spiro atoms. The highest BCUT2D eigenvalue weighted by atomic mass is 35.5. The Morgan fingerprint density at radius 2 is 1.62 bits per heavy atom. The maximum Gasteiger partial charge on any atom is 0.0762 e. The summed E-state index contributed by atoms with van der Waals surface area (Å²) in [6, 6.07) is 4.03. The maximum absolute atomic E-state index is 6.03. The first kappa shape index (κ1) is 12.1. The first-order valence-corrected chi connectivity index (χ1v) is 7.73. The predicted octanol–water partition coefficient (Wildman–Crippen LogP) is 4.57. The Hall–Kier alpha value is -0.340. The molecule has 1 heterocycles. The van der Waals surface area contributed by atoms with Gasteiger partial charge in [0.25, 0.3) is 0 Å². The highest BCUT2D eigenvalue weighted by molar-refractivity contribution is 7.87. The van der Waals surface area contributed by atoms with E-state index in [-0.39, 0.29) is 10.7 Å². The van der Waals surface area contributed by atoms with Crippen LogP contribution in [0, 0.1) is 13.8 Å². The Kier molecular flexibility index (Phi) is 4.04. The van der Waals surface area contributed by atoms with Gasteiger partial charge in [-0.2, -0.15) is 0 Å². The van der Waals surface area contributed by atoms with Crippen LogP contribution in [0.2, 0.25) is 5.02 Å². The molecular weight excluding hydrogens is 238 g/mol. The molecular formula is C13H18ClNS. The summed E-state index contributed by atoms with van der Waals surface area (Å²) >= 11 is 6.03. The molecule has 0 bridgehead atoms. The molecule has 3 heteroatoms. The van der Waals surface area contributed by atoms with E-state index in [0.717, 1.165) is 5.02 Å². The van der Waals surface area contributed by atoms with E-state index in [1.165, 1.54) is 47.6 Å². The third-order valence-electron chi connectivity index (χ3n) is 2.94. The van der Waals surface area contributed by atoms with E-state index in [1.807, 2.05) is 12.1 Å². The van der Waals surface area contributed by atoms with Crippen LogP contribution in [-0.2, 0) is 10.7 Å². The molecule has 0 atom stereocenters. The zero-order valence-electron chi connectivity index (χ0n) is 9.92. The monoisotopic (exact) mass is 255 g/mol. The highest BCUT2D eigenvalue weighted by Crippen LogP contribution is 2.29. The average Bonchev–Trinajstić information content (AvgIpc) is 2.25. The van der Waals surface area contributed by atoms with E-state index in [4.69, 9.17) is 16.0 Å². The number of aryl methyl sites for hydroxylation is 2. The van der Waals surface area contributed by atoms with Gasteiger partial charge in [0.2, 0.25) is 0 Å². The van der Waals surface area contributed by atoms with Crippen molar-refractivity contribution in [1.29, 1.82) is 0 Å². The number of rotatable bonds is 1. The van der Waals surface area contributed by atoms with Crippen LogP contribution in [-0.4, -0.2) is 11.5 Å². The molecule has 1 aromatic carbocycles. The molecule has 0 N–H and O–H groups in total. The van der Waals surface area contributed by atoms with Crippen LogP contribution in [0.5, 0.6) is 0 Å². The van der Waals surface area contributed by atoms with Crippen LogP contribution in [0.4, 0.5) is 5.69 Å². The zero-order valence-corrected chi connectivity index (χ0v) is 11.5. The maximum atomic E-state index is 6.03. The molecule has 0 unspecified atom stereocenters. The van der Waals surface area contributed by atoms with Crippen molar-refractivity contribution in [2.24, 2.45) is 4.36 Å². The molecule has 1 fully saturated rings. The van der Waals surface area contributed by atoms with Gasteiger partial charge in [0.1, 0.15) is 0 Å². The molecule has 1 aliphatic heterocycles. The Labute approximate surface area is 105 Å². The Morgan fingerprint density at radius 3 is 2.19 bits per heavy atom. The Morgan fingerprint density at radius 1 is 1.06 bits per heavy atom. The standard InChI is InChI=1S/C13H18ClNS/c1-10-8-12(14)9-11(2)13(10)15-16-6-4-3-5-7-16/h8-9H,3-7H2,1-2H3. The van der Waals surface area contributed by atoms with Crippen LogP contribution in [0.15, 0.2) is 16.5 Å². The van der Waals surface area contributed by atoms with Gasteiger partial charge in [-0.25, -0.2) is 4.36 Å². The van der Waals surface area contributed by atoms with Gasteiger partial charge in [-0.3, -0.25) is 0 Å². The molecule has 16 heavy (non-hydrogen) atoms. The topological polar surface area (TPSA) is 12.4 Å². The lowest BCUT2D eigenvalue weighted by molar-refractivity contribution is 0.759. The number of nitrogens with zero attached hydrogens (tertiary/aromatic N) is 1. The van der Waals surface area contributed by atoms with Crippen LogP contribution in [0.25, 0.3) is 0 Å². The highest BCUT2D eigenvalue weighted by Gasteiger charge is 2.08. The molecule has 1 nitrogen and oxygen atoms in total. The van der Waals surface area contributed by atoms with Crippen molar-refractivity contribution in [1.82, 2.24) is 0 Å². The van der Waals surface area contributed by atoms with Crippen LogP contribution in [0.1, 0.15) is 30.4 Å². The third-order valence-corrected chi connectivity index (χ3v) is 5.11. The summed E-state index contributed by atoms with van der Waals surface area (Å²) in [7, 11) is 0.259. The number of hydrogen-bond acceptors (Lipinski definition) is 1. The molecule has 0 aliphatic carbocycles. The minimum absolute atomic E-state index is 0.259. The fourth-order valence-electron chi connectivity index (χ4n) is 2.08. The number of benzene rings is 1. The summed E-state index contributed by atoms with van der Waals surface area (Å²) in [6.45, 7) is 4.20. The van der Waals surface area contributed by atoms with E-state index >= 15 is 0 Å². The minimum atomic E-state index is 0.259. The third kappa shape index (κ3) is 2.86. The summed E-state index contributed by atoms with van der Waals surface area (Å²) in [6.07, 6.45) is 4.08. The van der Waals surface area contributed by atoms with Gasteiger partial charge in [0.05, 0.1) is 5.69 Å².